The van der Waals surface area contributed by atoms with Crippen molar-refractivity contribution in [2.24, 2.45) is 4.99 Å². The number of ether oxygens (including phenoxy) is 5. The van der Waals surface area contributed by atoms with Gasteiger partial charge in [0.25, 0.3) is 0 Å². The number of carbonyl (C=O) groups is 4. The van der Waals surface area contributed by atoms with E-state index in [4.69, 9.17) is 23.7 Å². The van der Waals surface area contributed by atoms with Crippen LogP contribution in [0.4, 0.5) is 0 Å². The molecule has 0 radical (unpaired) electrons. The SMILES string of the molecule is CC(=O)OCC1O[C@@H](N=C=S)C(OC(C)=O)[C@H](OC(C)=O)[C@@H]1OC(C)=O. The highest BCUT2D eigenvalue weighted by molar-refractivity contribution is 7.78. The minimum absolute atomic E-state index is 0.318. The Morgan fingerprint density at radius 3 is 1.85 bits per heavy atom. The number of nitrogens with zero attached hydrogens (tertiary/aromatic N) is 1. The molecule has 26 heavy (non-hydrogen) atoms. The van der Waals surface area contributed by atoms with Gasteiger partial charge >= 0.3 is 23.9 Å². The van der Waals surface area contributed by atoms with E-state index in [0.29, 0.717) is 0 Å². The number of carbonyl (C=O) groups excluding carboxylic acids is 4. The molecule has 0 N–H and O–H groups in total. The van der Waals surface area contributed by atoms with Crippen LogP contribution in [0.1, 0.15) is 27.7 Å². The first-order valence-electron chi connectivity index (χ1n) is 7.53. The van der Waals surface area contributed by atoms with Crippen LogP contribution in [-0.2, 0) is 42.9 Å². The average molecular weight is 389 g/mol. The topological polar surface area (TPSA) is 127 Å². The summed E-state index contributed by atoms with van der Waals surface area (Å²) in [5.74, 6) is -2.74. The van der Waals surface area contributed by atoms with E-state index >= 15 is 0 Å². The highest BCUT2D eigenvalue weighted by Gasteiger charge is 2.52. The molecule has 0 aromatic rings. The van der Waals surface area contributed by atoms with Crippen LogP contribution >= 0.6 is 12.2 Å². The van der Waals surface area contributed by atoms with E-state index in [1.54, 1.807) is 0 Å². The van der Waals surface area contributed by atoms with Gasteiger partial charge in [-0.05, 0) is 12.2 Å². The van der Waals surface area contributed by atoms with E-state index in [9.17, 15) is 19.2 Å². The maximum absolute atomic E-state index is 11.5. The summed E-state index contributed by atoms with van der Waals surface area (Å²) in [6.07, 6.45) is -5.96. The lowest BCUT2D eigenvalue weighted by Gasteiger charge is -2.42. The largest absolute Gasteiger partial charge is 0.463 e. The molecule has 5 atom stereocenters. The van der Waals surface area contributed by atoms with Gasteiger partial charge in [0.2, 0.25) is 0 Å². The zero-order valence-corrected chi connectivity index (χ0v) is 15.4. The molecule has 1 aliphatic rings. The average Bonchev–Trinajstić information content (AvgIpc) is 2.50. The summed E-state index contributed by atoms with van der Waals surface area (Å²) in [6, 6.07) is 0. The molecule has 0 amide bonds. The Hall–Kier alpha value is -2.36. The molecular formula is C15H19NO9S. The monoisotopic (exact) mass is 389 g/mol. The highest BCUT2D eigenvalue weighted by atomic mass is 32.1. The molecule has 1 saturated heterocycles. The van der Waals surface area contributed by atoms with E-state index in [0.717, 1.165) is 20.8 Å². The van der Waals surface area contributed by atoms with Crippen LogP contribution < -0.4 is 0 Å². The van der Waals surface area contributed by atoms with Crippen molar-refractivity contribution in [1.29, 1.82) is 0 Å². The molecule has 10 nitrogen and oxygen atoms in total. The number of thiocarbonyl (C=S) groups is 1. The molecule has 0 aromatic heterocycles. The Morgan fingerprint density at radius 1 is 0.885 bits per heavy atom. The molecule has 1 heterocycles. The van der Waals surface area contributed by atoms with Crippen LogP contribution in [0.5, 0.6) is 0 Å². The van der Waals surface area contributed by atoms with Gasteiger partial charge in [0.15, 0.2) is 24.5 Å². The number of esters is 4. The fourth-order valence-corrected chi connectivity index (χ4v) is 2.47. The van der Waals surface area contributed by atoms with Gasteiger partial charge in [0.1, 0.15) is 12.7 Å². The number of aliphatic imine (C=N–C) groups is 1. The van der Waals surface area contributed by atoms with Gasteiger partial charge in [-0.25, -0.2) is 0 Å². The summed E-state index contributed by atoms with van der Waals surface area (Å²) in [5.41, 5.74) is 0. The minimum Gasteiger partial charge on any atom is -0.463 e. The lowest BCUT2D eigenvalue weighted by Crippen LogP contribution is -2.61. The van der Waals surface area contributed by atoms with Crippen molar-refractivity contribution in [3.63, 3.8) is 0 Å². The molecular weight excluding hydrogens is 370 g/mol. The molecule has 144 valence electrons. The number of rotatable bonds is 6. The highest BCUT2D eigenvalue weighted by Crippen LogP contribution is 2.29. The Labute approximate surface area is 154 Å². The van der Waals surface area contributed by atoms with Gasteiger partial charge in [0, 0.05) is 27.7 Å². The third-order valence-electron chi connectivity index (χ3n) is 3.15. The second kappa shape index (κ2) is 9.95. The number of hydrogen-bond donors (Lipinski definition) is 0. The summed E-state index contributed by atoms with van der Waals surface area (Å²) >= 11 is 4.55. The minimum atomic E-state index is -1.26. The fourth-order valence-electron chi connectivity index (χ4n) is 2.36. The maximum atomic E-state index is 11.5. The maximum Gasteiger partial charge on any atom is 0.303 e. The van der Waals surface area contributed by atoms with Crippen LogP contribution in [0.25, 0.3) is 0 Å². The molecule has 0 saturated carbocycles. The molecule has 1 fully saturated rings. The predicted octanol–water partition coefficient (Wildman–Crippen LogP) is 0.172. The molecule has 0 bridgehead atoms. The molecule has 0 aromatic carbocycles. The van der Waals surface area contributed by atoms with Crippen LogP contribution in [0, 0.1) is 0 Å². The van der Waals surface area contributed by atoms with E-state index < -0.39 is 54.5 Å². The van der Waals surface area contributed by atoms with Crippen molar-refractivity contribution in [2.45, 2.75) is 58.3 Å². The molecule has 0 aliphatic carbocycles. The third kappa shape index (κ3) is 6.51. The van der Waals surface area contributed by atoms with Crippen molar-refractivity contribution >= 4 is 41.3 Å². The van der Waals surface area contributed by atoms with Gasteiger partial charge in [-0.3, -0.25) is 19.2 Å². The molecule has 11 heteroatoms. The zero-order valence-electron chi connectivity index (χ0n) is 14.6. The van der Waals surface area contributed by atoms with Gasteiger partial charge < -0.3 is 23.7 Å². The number of hydrogen-bond acceptors (Lipinski definition) is 11. The van der Waals surface area contributed by atoms with Crippen molar-refractivity contribution in [3.8, 4) is 0 Å². The van der Waals surface area contributed by atoms with Crippen molar-refractivity contribution in [2.75, 3.05) is 6.61 Å². The Balaban J connectivity index is 3.28. The third-order valence-corrected chi connectivity index (χ3v) is 3.25. The zero-order chi connectivity index (χ0) is 19.9. The van der Waals surface area contributed by atoms with Crippen LogP contribution in [0.2, 0.25) is 0 Å². The van der Waals surface area contributed by atoms with E-state index in [1.165, 1.54) is 6.92 Å². The van der Waals surface area contributed by atoms with Crippen molar-refractivity contribution < 1.29 is 42.9 Å². The smallest absolute Gasteiger partial charge is 0.303 e. The van der Waals surface area contributed by atoms with Crippen molar-refractivity contribution in [1.82, 2.24) is 0 Å². The lowest BCUT2D eigenvalue weighted by molar-refractivity contribution is -0.250. The van der Waals surface area contributed by atoms with E-state index in [2.05, 4.69) is 22.4 Å². The van der Waals surface area contributed by atoms with Gasteiger partial charge in [-0.2, -0.15) is 4.99 Å². The molecule has 1 aliphatic heterocycles. The number of isothiocyanates is 1. The van der Waals surface area contributed by atoms with Gasteiger partial charge in [-0.1, -0.05) is 0 Å². The summed E-state index contributed by atoms with van der Waals surface area (Å²) in [5, 5.41) is 2.09. The fraction of sp³-hybridized carbons (Fsp3) is 0.667. The normalized spacial score (nSPS) is 27.5. The molecule has 1 rings (SSSR count). The summed E-state index contributed by atoms with van der Waals surface area (Å²) in [6.45, 7) is 4.26. The van der Waals surface area contributed by atoms with E-state index in [-0.39, 0.29) is 6.61 Å². The van der Waals surface area contributed by atoms with Gasteiger partial charge in [0.05, 0.1) is 5.16 Å². The second-order valence-corrected chi connectivity index (χ2v) is 5.49. The lowest BCUT2D eigenvalue weighted by atomic mass is 9.97. The standard InChI is InChI=1S/C15H19NO9S/c1-7(17)21-5-11-12(22-8(2)18)13(23-9(3)19)14(24-10(4)20)15(25-11)16-6-26/h11-15H,5H2,1-4H3/t11?,12-,13-,14?,15-/m1/s1. The summed E-state index contributed by atoms with van der Waals surface area (Å²) in [4.78, 5) is 49.3. The molecule has 0 spiro atoms. The Morgan fingerprint density at radius 2 is 1.38 bits per heavy atom. The first-order chi connectivity index (χ1) is 12.1. The predicted molar refractivity (Wildman–Crippen MR) is 87.0 cm³/mol. The second-order valence-electron chi connectivity index (χ2n) is 5.31. The van der Waals surface area contributed by atoms with Crippen LogP contribution in [-0.4, -0.2) is 66.3 Å². The van der Waals surface area contributed by atoms with Crippen LogP contribution in [0.3, 0.4) is 0 Å². The first kappa shape index (κ1) is 21.7. The summed E-state index contributed by atoms with van der Waals surface area (Å²) < 4.78 is 26.0. The summed E-state index contributed by atoms with van der Waals surface area (Å²) in [7, 11) is 0. The van der Waals surface area contributed by atoms with E-state index in [1.807, 2.05) is 0 Å². The van der Waals surface area contributed by atoms with Gasteiger partial charge in [-0.15, -0.1) is 0 Å². The first-order valence-corrected chi connectivity index (χ1v) is 7.94. The quantitative estimate of drug-likeness (QED) is 0.268. The Bertz CT molecular complexity index is 616. The Kier molecular flexibility index (Phi) is 8.30. The van der Waals surface area contributed by atoms with Crippen molar-refractivity contribution in [3.05, 3.63) is 0 Å². The van der Waals surface area contributed by atoms with Crippen LogP contribution in [0.15, 0.2) is 4.99 Å². The molecule has 2 unspecified atom stereocenters.